The van der Waals surface area contributed by atoms with E-state index in [1.807, 2.05) is 60.7 Å². The third-order valence-electron chi connectivity index (χ3n) is 11.3. The average Bonchev–Trinajstić information content (AvgIpc) is 3.86. The topological polar surface area (TPSA) is 60.9 Å². The Labute approximate surface area is 333 Å². The van der Waals surface area contributed by atoms with Gasteiger partial charge in [0.2, 0.25) is 5.95 Å². The maximum Gasteiger partial charge on any atom is 0.238 e. The molecule has 0 unspecified atom stereocenters. The summed E-state index contributed by atoms with van der Waals surface area (Å²) in [6, 6.07) is 68.1. The summed E-state index contributed by atoms with van der Waals surface area (Å²) in [7, 11) is 0. The lowest BCUT2D eigenvalue weighted by atomic mass is 9.96. The number of hydrogen-bond donors (Lipinski definition) is 0. The fraction of sp³-hybridized carbons (Fsp3) is 0. The van der Waals surface area contributed by atoms with Gasteiger partial charge in [0.25, 0.3) is 0 Å². The van der Waals surface area contributed by atoms with Gasteiger partial charge in [-0.3, -0.25) is 8.97 Å². The predicted octanol–water partition coefficient (Wildman–Crippen LogP) is 12.7. The molecule has 58 heavy (non-hydrogen) atoms. The fourth-order valence-corrected chi connectivity index (χ4v) is 8.63. The standard InChI is InChI=1S/C52H32N6/c1-3-14-33(15-4-1)49-54-50(34-16-5-2-6-17-34)56-52(55-49)58-46-24-11-7-20-39(46)41-28-26-38(32-48(41)58)36-19-13-18-35(30-36)37-27-29-42-43(31-37)40-21-8-10-23-45(40)57-47-25-12-9-22-44(47)53-51(42)57/h1-32H. The first-order chi connectivity index (χ1) is 28.7. The van der Waals surface area contributed by atoms with Gasteiger partial charge in [-0.25, -0.2) is 9.97 Å². The second-order valence-electron chi connectivity index (χ2n) is 14.7. The van der Waals surface area contributed by atoms with Gasteiger partial charge in [0.05, 0.1) is 27.6 Å². The average molecular weight is 741 g/mol. The van der Waals surface area contributed by atoms with Gasteiger partial charge in [-0.05, 0) is 76.2 Å². The minimum atomic E-state index is 0.577. The Morgan fingerprint density at radius 3 is 1.52 bits per heavy atom. The van der Waals surface area contributed by atoms with Gasteiger partial charge in [0, 0.05) is 32.7 Å². The Bertz CT molecular complexity index is 3510. The van der Waals surface area contributed by atoms with Gasteiger partial charge in [0.1, 0.15) is 5.65 Å². The van der Waals surface area contributed by atoms with Crippen LogP contribution in [0, 0.1) is 0 Å². The molecule has 0 amide bonds. The molecule has 0 saturated carbocycles. The molecule has 0 aliphatic carbocycles. The lowest BCUT2D eigenvalue weighted by Gasteiger charge is -2.12. The van der Waals surface area contributed by atoms with Gasteiger partial charge >= 0.3 is 0 Å². The third-order valence-corrected chi connectivity index (χ3v) is 11.3. The Balaban J connectivity index is 1.02. The molecule has 0 spiro atoms. The smallest absolute Gasteiger partial charge is 0.238 e. The first-order valence-corrected chi connectivity index (χ1v) is 19.5. The fourth-order valence-electron chi connectivity index (χ4n) is 8.63. The summed E-state index contributed by atoms with van der Waals surface area (Å²) >= 11 is 0. The Hall–Kier alpha value is -7.96. The zero-order chi connectivity index (χ0) is 38.2. The molecule has 0 N–H and O–H groups in total. The predicted molar refractivity (Wildman–Crippen MR) is 237 cm³/mol. The van der Waals surface area contributed by atoms with E-state index in [1.165, 1.54) is 10.8 Å². The molecule has 0 fully saturated rings. The van der Waals surface area contributed by atoms with Gasteiger partial charge in [0.15, 0.2) is 11.6 Å². The highest BCUT2D eigenvalue weighted by Crippen LogP contribution is 2.38. The number of aromatic nitrogens is 6. The molecule has 8 aromatic carbocycles. The largest absolute Gasteiger partial charge is 0.292 e. The van der Waals surface area contributed by atoms with E-state index in [0.29, 0.717) is 17.6 Å². The van der Waals surface area contributed by atoms with E-state index in [4.69, 9.17) is 19.9 Å². The van der Waals surface area contributed by atoms with Crippen molar-refractivity contribution >= 4 is 60.2 Å². The molecular formula is C52H32N6. The van der Waals surface area contributed by atoms with Crippen LogP contribution in [-0.4, -0.2) is 28.9 Å². The molecule has 0 saturated heterocycles. The van der Waals surface area contributed by atoms with Gasteiger partial charge in [-0.1, -0.05) is 146 Å². The van der Waals surface area contributed by atoms with Crippen LogP contribution in [-0.2, 0) is 0 Å². The summed E-state index contributed by atoms with van der Waals surface area (Å²) in [5.74, 6) is 1.83. The van der Waals surface area contributed by atoms with Crippen LogP contribution in [0.25, 0.3) is 111 Å². The number of fused-ring (bicyclic) bond motifs is 11. The number of benzene rings is 8. The second-order valence-corrected chi connectivity index (χ2v) is 14.7. The summed E-state index contributed by atoms with van der Waals surface area (Å²) < 4.78 is 4.48. The summed E-state index contributed by atoms with van der Waals surface area (Å²) in [5, 5.41) is 5.81. The molecule has 0 aliphatic rings. The summed E-state index contributed by atoms with van der Waals surface area (Å²) in [6.07, 6.45) is 0. The van der Waals surface area contributed by atoms with Crippen molar-refractivity contribution in [3.05, 3.63) is 194 Å². The Morgan fingerprint density at radius 2 is 0.810 bits per heavy atom. The third kappa shape index (κ3) is 5.05. The molecule has 12 rings (SSSR count). The number of hydrogen-bond acceptors (Lipinski definition) is 4. The van der Waals surface area contributed by atoms with E-state index >= 15 is 0 Å². The molecular weight excluding hydrogens is 709 g/mol. The van der Waals surface area contributed by atoms with Crippen LogP contribution in [0.5, 0.6) is 0 Å². The number of nitrogens with zero attached hydrogens (tertiary/aromatic N) is 6. The molecule has 4 heterocycles. The Morgan fingerprint density at radius 1 is 0.293 bits per heavy atom. The highest BCUT2D eigenvalue weighted by atomic mass is 15.2. The minimum absolute atomic E-state index is 0.577. The molecule has 12 aromatic rings. The molecule has 4 aromatic heterocycles. The highest BCUT2D eigenvalue weighted by Gasteiger charge is 2.19. The number of imidazole rings is 1. The lowest BCUT2D eigenvalue weighted by Crippen LogP contribution is -2.06. The first-order valence-electron chi connectivity index (χ1n) is 19.5. The van der Waals surface area contributed by atoms with Crippen molar-refractivity contribution in [1.29, 1.82) is 0 Å². The van der Waals surface area contributed by atoms with Crippen LogP contribution in [0.15, 0.2) is 194 Å². The second kappa shape index (κ2) is 12.8. The lowest BCUT2D eigenvalue weighted by molar-refractivity contribution is 0.953. The summed E-state index contributed by atoms with van der Waals surface area (Å²) in [6.45, 7) is 0. The van der Waals surface area contributed by atoms with Crippen molar-refractivity contribution in [3.63, 3.8) is 0 Å². The molecule has 0 atom stereocenters. The summed E-state index contributed by atoms with van der Waals surface area (Å²) in [5.41, 5.74) is 12.7. The van der Waals surface area contributed by atoms with E-state index in [-0.39, 0.29) is 0 Å². The van der Waals surface area contributed by atoms with E-state index in [0.717, 1.165) is 82.8 Å². The molecule has 270 valence electrons. The molecule has 0 bridgehead atoms. The maximum atomic E-state index is 5.14. The van der Waals surface area contributed by atoms with Crippen molar-refractivity contribution < 1.29 is 0 Å². The zero-order valence-electron chi connectivity index (χ0n) is 31.2. The van der Waals surface area contributed by atoms with Crippen LogP contribution in [0.4, 0.5) is 0 Å². The van der Waals surface area contributed by atoms with Gasteiger partial charge in [-0.2, -0.15) is 9.97 Å². The van der Waals surface area contributed by atoms with Gasteiger partial charge < -0.3 is 0 Å². The van der Waals surface area contributed by atoms with Crippen molar-refractivity contribution in [1.82, 2.24) is 28.9 Å². The van der Waals surface area contributed by atoms with Crippen molar-refractivity contribution in [2.75, 3.05) is 0 Å². The quantitative estimate of drug-likeness (QED) is 0.165. The van der Waals surface area contributed by atoms with Crippen molar-refractivity contribution in [2.24, 2.45) is 0 Å². The Kier molecular flexibility index (Phi) is 7.13. The van der Waals surface area contributed by atoms with E-state index in [1.54, 1.807) is 0 Å². The van der Waals surface area contributed by atoms with Crippen LogP contribution in [0.2, 0.25) is 0 Å². The molecule has 6 heteroatoms. The normalized spacial score (nSPS) is 11.8. The van der Waals surface area contributed by atoms with E-state index in [9.17, 15) is 0 Å². The number of pyridine rings is 1. The highest BCUT2D eigenvalue weighted by molar-refractivity contribution is 6.15. The number of para-hydroxylation sites is 4. The van der Waals surface area contributed by atoms with E-state index in [2.05, 4.69) is 142 Å². The SMILES string of the molecule is c1ccc(-c2nc(-c3ccccc3)nc(-n3c4ccccc4c4ccc(-c5cccc(-c6ccc7c(c6)c6ccccc6n6c8ccccc8nc76)c5)cc43)n2)cc1. The van der Waals surface area contributed by atoms with Crippen LogP contribution < -0.4 is 0 Å². The first kappa shape index (κ1) is 32.3. The molecule has 0 aliphatic heterocycles. The minimum Gasteiger partial charge on any atom is -0.292 e. The maximum absolute atomic E-state index is 5.14. The molecule has 0 radical (unpaired) electrons. The van der Waals surface area contributed by atoms with Crippen LogP contribution >= 0.6 is 0 Å². The number of rotatable bonds is 5. The monoisotopic (exact) mass is 740 g/mol. The van der Waals surface area contributed by atoms with E-state index < -0.39 is 0 Å². The van der Waals surface area contributed by atoms with Crippen molar-refractivity contribution in [2.45, 2.75) is 0 Å². The zero-order valence-corrected chi connectivity index (χ0v) is 31.2. The molecule has 6 nitrogen and oxygen atoms in total. The van der Waals surface area contributed by atoms with Gasteiger partial charge in [-0.15, -0.1) is 0 Å². The summed E-state index contributed by atoms with van der Waals surface area (Å²) in [4.78, 5) is 20.4. The van der Waals surface area contributed by atoms with Crippen LogP contribution in [0.1, 0.15) is 0 Å². The van der Waals surface area contributed by atoms with Crippen molar-refractivity contribution in [3.8, 4) is 51.0 Å². The van der Waals surface area contributed by atoms with Crippen LogP contribution in [0.3, 0.4) is 0 Å².